The third-order valence-corrected chi connectivity index (χ3v) is 5.41. The first-order chi connectivity index (χ1) is 11.2. The van der Waals surface area contributed by atoms with Gasteiger partial charge in [0.15, 0.2) is 0 Å². The number of carbonyl (C=O) groups excluding carboxylic acids is 1. The highest BCUT2D eigenvalue weighted by atomic mass is 32.1. The minimum Gasteiger partial charge on any atom is -0.339 e. The summed E-state index contributed by atoms with van der Waals surface area (Å²) in [7, 11) is 0. The number of rotatable bonds is 2. The lowest BCUT2D eigenvalue weighted by Crippen LogP contribution is -2.37. The number of likely N-dealkylation sites (tertiary alicyclic amines) is 1. The van der Waals surface area contributed by atoms with Crippen molar-refractivity contribution in [1.82, 2.24) is 24.7 Å². The average molecular weight is 327 g/mol. The first-order valence-corrected chi connectivity index (χ1v) is 8.55. The zero-order valence-electron chi connectivity index (χ0n) is 12.8. The number of amides is 1. The molecule has 0 unspecified atom stereocenters. The summed E-state index contributed by atoms with van der Waals surface area (Å²) in [5.74, 6) is 0.533. The molecule has 0 bridgehead atoms. The number of aryl methyl sites for hydroxylation is 1. The first kappa shape index (κ1) is 14.3. The molecule has 0 radical (unpaired) electrons. The summed E-state index contributed by atoms with van der Waals surface area (Å²) in [5, 5.41) is 13.5. The van der Waals surface area contributed by atoms with E-state index in [9.17, 15) is 4.79 Å². The van der Waals surface area contributed by atoms with Gasteiger partial charge in [-0.2, -0.15) is 9.61 Å². The summed E-state index contributed by atoms with van der Waals surface area (Å²) < 4.78 is 1.73. The predicted octanol–water partition coefficient (Wildman–Crippen LogP) is 2.51. The molecule has 6 nitrogen and oxygen atoms in total. The van der Waals surface area contributed by atoms with Gasteiger partial charge in [0.05, 0.1) is 0 Å². The molecule has 1 aliphatic heterocycles. The molecule has 23 heavy (non-hydrogen) atoms. The SMILES string of the molecule is Cc1ccc(C(=O)N2CCC(c3nn4cnnc4s3)CC2)cc1. The molecule has 0 aliphatic carbocycles. The summed E-state index contributed by atoms with van der Waals surface area (Å²) in [6.45, 7) is 3.58. The van der Waals surface area contributed by atoms with Gasteiger partial charge in [-0.25, -0.2) is 0 Å². The van der Waals surface area contributed by atoms with E-state index in [1.54, 1.807) is 22.2 Å². The van der Waals surface area contributed by atoms with Crippen LogP contribution in [0.3, 0.4) is 0 Å². The van der Waals surface area contributed by atoms with Crippen molar-refractivity contribution in [2.45, 2.75) is 25.7 Å². The van der Waals surface area contributed by atoms with Gasteiger partial charge in [0, 0.05) is 24.6 Å². The Morgan fingerprint density at radius 1 is 1.22 bits per heavy atom. The molecule has 2 aromatic heterocycles. The fourth-order valence-electron chi connectivity index (χ4n) is 2.95. The Labute approximate surface area is 137 Å². The molecule has 3 aromatic rings. The third kappa shape index (κ3) is 2.72. The highest BCUT2D eigenvalue weighted by molar-refractivity contribution is 7.16. The maximum atomic E-state index is 12.5. The number of fused-ring (bicyclic) bond motifs is 1. The molecule has 0 N–H and O–H groups in total. The quantitative estimate of drug-likeness (QED) is 0.725. The van der Waals surface area contributed by atoms with Gasteiger partial charge in [-0.05, 0) is 31.9 Å². The Morgan fingerprint density at radius 3 is 2.65 bits per heavy atom. The van der Waals surface area contributed by atoms with Gasteiger partial charge in [0.1, 0.15) is 11.3 Å². The van der Waals surface area contributed by atoms with Crippen molar-refractivity contribution in [3.63, 3.8) is 0 Å². The van der Waals surface area contributed by atoms with Crippen LogP contribution in [-0.4, -0.2) is 43.7 Å². The molecule has 0 spiro atoms. The second-order valence-corrected chi connectivity index (χ2v) is 6.92. The van der Waals surface area contributed by atoms with Crippen LogP contribution in [0, 0.1) is 6.92 Å². The normalized spacial score (nSPS) is 16.1. The fourth-order valence-corrected chi connectivity index (χ4v) is 3.94. The van der Waals surface area contributed by atoms with E-state index in [0.29, 0.717) is 5.92 Å². The fraction of sp³-hybridized carbons (Fsp3) is 0.375. The Kier molecular flexibility index (Phi) is 3.57. The molecule has 0 saturated carbocycles. The lowest BCUT2D eigenvalue weighted by Gasteiger charge is -2.31. The van der Waals surface area contributed by atoms with E-state index in [4.69, 9.17) is 0 Å². The lowest BCUT2D eigenvalue weighted by atomic mass is 9.97. The van der Waals surface area contributed by atoms with Crippen LogP contribution < -0.4 is 0 Å². The number of hydrogen-bond acceptors (Lipinski definition) is 5. The number of hydrogen-bond donors (Lipinski definition) is 0. The Balaban J connectivity index is 1.43. The maximum absolute atomic E-state index is 12.5. The smallest absolute Gasteiger partial charge is 0.253 e. The Hall–Kier alpha value is -2.28. The van der Waals surface area contributed by atoms with Gasteiger partial charge in [0.2, 0.25) is 4.96 Å². The van der Waals surface area contributed by atoms with Crippen LogP contribution in [0.4, 0.5) is 0 Å². The Bertz CT molecular complexity index is 801. The van der Waals surface area contributed by atoms with Crippen molar-refractivity contribution in [2.75, 3.05) is 13.1 Å². The molecule has 1 saturated heterocycles. The van der Waals surface area contributed by atoms with Crippen molar-refractivity contribution in [3.05, 3.63) is 46.7 Å². The topological polar surface area (TPSA) is 63.4 Å². The predicted molar refractivity (Wildman–Crippen MR) is 87.7 cm³/mol. The molecular formula is C16H17N5OS. The van der Waals surface area contributed by atoms with Gasteiger partial charge < -0.3 is 4.90 Å². The Morgan fingerprint density at radius 2 is 1.96 bits per heavy atom. The highest BCUT2D eigenvalue weighted by Crippen LogP contribution is 2.31. The van der Waals surface area contributed by atoms with E-state index in [1.807, 2.05) is 36.1 Å². The van der Waals surface area contributed by atoms with Gasteiger partial charge >= 0.3 is 0 Å². The van der Waals surface area contributed by atoms with Gasteiger partial charge in [-0.3, -0.25) is 4.79 Å². The number of carbonyl (C=O) groups is 1. The summed E-state index contributed by atoms with van der Waals surface area (Å²) >= 11 is 1.59. The molecular weight excluding hydrogens is 310 g/mol. The van der Waals surface area contributed by atoms with Crippen molar-refractivity contribution >= 4 is 22.2 Å². The standard InChI is InChI=1S/C16H17N5OS/c1-11-2-4-13(5-3-11)15(22)20-8-6-12(7-9-20)14-19-21-10-17-18-16(21)23-14/h2-5,10,12H,6-9H2,1H3. The monoisotopic (exact) mass is 327 g/mol. The van der Waals surface area contributed by atoms with E-state index in [2.05, 4.69) is 15.3 Å². The molecule has 7 heteroatoms. The highest BCUT2D eigenvalue weighted by Gasteiger charge is 2.26. The maximum Gasteiger partial charge on any atom is 0.253 e. The summed E-state index contributed by atoms with van der Waals surface area (Å²) in [5.41, 5.74) is 1.94. The minimum atomic E-state index is 0.126. The van der Waals surface area contributed by atoms with Crippen molar-refractivity contribution < 1.29 is 4.79 Å². The number of aromatic nitrogens is 4. The van der Waals surface area contributed by atoms with E-state index < -0.39 is 0 Å². The number of benzene rings is 1. The summed E-state index contributed by atoms with van der Waals surface area (Å²) in [6, 6.07) is 7.79. The largest absolute Gasteiger partial charge is 0.339 e. The zero-order chi connectivity index (χ0) is 15.8. The minimum absolute atomic E-state index is 0.126. The first-order valence-electron chi connectivity index (χ1n) is 7.73. The second-order valence-electron chi connectivity index (χ2n) is 5.93. The van der Waals surface area contributed by atoms with Crippen LogP contribution in [0.1, 0.15) is 39.7 Å². The molecule has 0 atom stereocenters. The summed E-state index contributed by atoms with van der Waals surface area (Å²) in [6.07, 6.45) is 3.52. The van der Waals surface area contributed by atoms with Crippen molar-refractivity contribution in [3.8, 4) is 0 Å². The molecule has 118 valence electrons. The van der Waals surface area contributed by atoms with E-state index in [-0.39, 0.29) is 5.91 Å². The number of nitrogens with zero attached hydrogens (tertiary/aromatic N) is 5. The second kappa shape index (κ2) is 5.73. The van der Waals surface area contributed by atoms with E-state index in [0.717, 1.165) is 41.5 Å². The van der Waals surface area contributed by atoms with Crippen LogP contribution in [0.2, 0.25) is 0 Å². The molecule has 4 rings (SSSR count). The molecule has 3 heterocycles. The molecule has 1 aromatic carbocycles. The molecule has 1 aliphatic rings. The zero-order valence-corrected chi connectivity index (χ0v) is 13.7. The van der Waals surface area contributed by atoms with Crippen molar-refractivity contribution in [1.29, 1.82) is 0 Å². The summed E-state index contributed by atoms with van der Waals surface area (Å²) in [4.78, 5) is 15.3. The number of piperidine rings is 1. The molecule has 1 amide bonds. The van der Waals surface area contributed by atoms with Crippen molar-refractivity contribution in [2.24, 2.45) is 0 Å². The van der Waals surface area contributed by atoms with Crippen LogP contribution in [-0.2, 0) is 0 Å². The van der Waals surface area contributed by atoms with Crippen LogP contribution in [0.25, 0.3) is 4.96 Å². The van der Waals surface area contributed by atoms with E-state index >= 15 is 0 Å². The van der Waals surface area contributed by atoms with Gasteiger partial charge in [0.25, 0.3) is 5.91 Å². The van der Waals surface area contributed by atoms with Crippen LogP contribution in [0.15, 0.2) is 30.6 Å². The third-order valence-electron chi connectivity index (χ3n) is 4.33. The van der Waals surface area contributed by atoms with Gasteiger partial charge in [-0.15, -0.1) is 10.2 Å². The van der Waals surface area contributed by atoms with Gasteiger partial charge in [-0.1, -0.05) is 29.0 Å². The average Bonchev–Trinajstić information content (AvgIpc) is 3.17. The molecule has 1 fully saturated rings. The lowest BCUT2D eigenvalue weighted by molar-refractivity contribution is 0.0713. The van der Waals surface area contributed by atoms with E-state index in [1.165, 1.54) is 5.56 Å². The van der Waals surface area contributed by atoms with Crippen LogP contribution in [0.5, 0.6) is 0 Å². The van der Waals surface area contributed by atoms with Crippen LogP contribution >= 0.6 is 11.3 Å².